The number of nitrogens with zero attached hydrogens (tertiary/aromatic N) is 4. The number of carbonyl (C=O) groups is 1. The van der Waals surface area contributed by atoms with Crippen molar-refractivity contribution in [3.8, 4) is 5.75 Å². The molecule has 1 saturated heterocycles. The molecule has 1 fully saturated rings. The minimum absolute atomic E-state index is 0.0559. The van der Waals surface area contributed by atoms with Gasteiger partial charge in [0.15, 0.2) is 0 Å². The summed E-state index contributed by atoms with van der Waals surface area (Å²) >= 11 is 0. The topological polar surface area (TPSA) is 48.4 Å². The molecule has 31 heavy (non-hydrogen) atoms. The lowest BCUT2D eigenvalue weighted by Crippen LogP contribution is -2.49. The van der Waals surface area contributed by atoms with Crippen LogP contribution in [-0.2, 0) is 4.79 Å². The zero-order valence-corrected chi connectivity index (χ0v) is 18.8. The maximum atomic E-state index is 13.4. The van der Waals surface area contributed by atoms with Crippen LogP contribution in [0.5, 0.6) is 5.75 Å². The van der Waals surface area contributed by atoms with Crippen molar-refractivity contribution >= 4 is 11.6 Å². The molecule has 4 rings (SSSR count). The number of likely N-dealkylation sites (N-methyl/N-ethyl adjacent to an activating group) is 1. The number of carbonyl (C=O) groups excluding carboxylic acids is 1. The van der Waals surface area contributed by atoms with E-state index in [1.165, 1.54) is 5.56 Å². The number of benzene rings is 2. The number of hydrogen-bond donors (Lipinski definition) is 0. The quantitative estimate of drug-likeness (QED) is 0.719. The van der Waals surface area contributed by atoms with E-state index in [9.17, 15) is 4.79 Å². The lowest BCUT2D eigenvalue weighted by Gasteiger charge is -2.34. The molecular weight excluding hydrogens is 388 g/mol. The SMILES string of the molecule is CCN1CCN(CC(=O)N2N=C(c3ccccc3OC)CC2c2ccc(C)cc2)CC1. The molecule has 0 aliphatic carbocycles. The Morgan fingerprint density at radius 2 is 1.71 bits per heavy atom. The van der Waals surface area contributed by atoms with E-state index in [1.54, 1.807) is 12.1 Å². The first-order valence-electron chi connectivity index (χ1n) is 11.1. The highest BCUT2D eigenvalue weighted by atomic mass is 16.5. The number of para-hydroxylation sites is 1. The fraction of sp³-hybridized carbons (Fsp3) is 0.440. The van der Waals surface area contributed by atoms with Gasteiger partial charge in [0.2, 0.25) is 0 Å². The Labute approximate surface area is 185 Å². The predicted octanol–water partition coefficient (Wildman–Crippen LogP) is 3.32. The van der Waals surface area contributed by atoms with Crippen LogP contribution >= 0.6 is 0 Å². The highest BCUT2D eigenvalue weighted by Crippen LogP contribution is 2.35. The summed E-state index contributed by atoms with van der Waals surface area (Å²) in [4.78, 5) is 18.0. The summed E-state index contributed by atoms with van der Waals surface area (Å²) < 4.78 is 5.56. The Balaban J connectivity index is 1.58. The summed E-state index contributed by atoms with van der Waals surface area (Å²) in [6, 6.07) is 16.2. The van der Waals surface area contributed by atoms with Crippen LogP contribution in [0.1, 0.15) is 36.1 Å². The molecule has 0 saturated carbocycles. The number of aryl methyl sites for hydroxylation is 1. The molecule has 2 aliphatic heterocycles. The smallest absolute Gasteiger partial charge is 0.257 e. The molecule has 164 valence electrons. The van der Waals surface area contributed by atoms with E-state index in [1.807, 2.05) is 24.3 Å². The lowest BCUT2D eigenvalue weighted by atomic mass is 9.97. The molecule has 0 aromatic heterocycles. The third-order valence-electron chi connectivity index (χ3n) is 6.32. The van der Waals surface area contributed by atoms with Crippen LogP contribution in [0.2, 0.25) is 0 Å². The van der Waals surface area contributed by atoms with Gasteiger partial charge in [-0.1, -0.05) is 48.9 Å². The number of amides is 1. The van der Waals surface area contributed by atoms with Crippen molar-refractivity contribution in [2.24, 2.45) is 5.10 Å². The molecule has 6 nitrogen and oxygen atoms in total. The maximum absolute atomic E-state index is 13.4. The van der Waals surface area contributed by atoms with Crippen LogP contribution in [0.3, 0.4) is 0 Å². The Kier molecular flexibility index (Phi) is 6.68. The van der Waals surface area contributed by atoms with Crippen molar-refractivity contribution in [3.63, 3.8) is 0 Å². The number of hydrogen-bond acceptors (Lipinski definition) is 5. The van der Waals surface area contributed by atoms with Gasteiger partial charge in [-0.05, 0) is 31.2 Å². The lowest BCUT2D eigenvalue weighted by molar-refractivity contribution is -0.134. The Bertz CT molecular complexity index is 933. The monoisotopic (exact) mass is 420 g/mol. The standard InChI is InChI=1S/C25H32N4O2/c1-4-27-13-15-28(16-14-27)18-25(30)29-23(20-11-9-19(2)10-12-20)17-22(26-29)21-7-5-6-8-24(21)31-3/h5-12,23H,4,13-18H2,1-3H3. The first-order valence-corrected chi connectivity index (χ1v) is 11.1. The fourth-order valence-electron chi connectivity index (χ4n) is 4.36. The van der Waals surface area contributed by atoms with Gasteiger partial charge < -0.3 is 9.64 Å². The van der Waals surface area contributed by atoms with Crippen LogP contribution in [0.25, 0.3) is 0 Å². The van der Waals surface area contributed by atoms with E-state index in [0.29, 0.717) is 13.0 Å². The van der Waals surface area contributed by atoms with Crippen molar-refractivity contribution in [2.75, 3.05) is 46.4 Å². The summed E-state index contributed by atoms with van der Waals surface area (Å²) in [7, 11) is 1.67. The zero-order chi connectivity index (χ0) is 21.8. The van der Waals surface area contributed by atoms with Crippen LogP contribution in [0, 0.1) is 6.92 Å². The second kappa shape index (κ2) is 9.62. The average molecular weight is 421 g/mol. The molecule has 1 unspecified atom stereocenters. The summed E-state index contributed by atoms with van der Waals surface area (Å²) in [5.41, 5.74) is 4.17. The zero-order valence-electron chi connectivity index (χ0n) is 18.8. The van der Waals surface area contributed by atoms with Crippen LogP contribution in [0.15, 0.2) is 53.6 Å². The third kappa shape index (κ3) is 4.81. The van der Waals surface area contributed by atoms with Gasteiger partial charge in [-0.2, -0.15) is 5.10 Å². The van der Waals surface area contributed by atoms with Gasteiger partial charge in [0, 0.05) is 38.2 Å². The molecule has 1 amide bonds. The van der Waals surface area contributed by atoms with Crippen molar-refractivity contribution in [2.45, 2.75) is 26.3 Å². The van der Waals surface area contributed by atoms with Gasteiger partial charge in [0.1, 0.15) is 5.75 Å². The van der Waals surface area contributed by atoms with E-state index in [2.05, 4.69) is 47.9 Å². The molecule has 2 aliphatic rings. The molecule has 6 heteroatoms. The number of methoxy groups -OCH3 is 1. The highest BCUT2D eigenvalue weighted by molar-refractivity contribution is 6.05. The molecule has 0 spiro atoms. The highest BCUT2D eigenvalue weighted by Gasteiger charge is 2.34. The Morgan fingerprint density at radius 3 is 2.39 bits per heavy atom. The summed E-state index contributed by atoms with van der Waals surface area (Å²) in [5.74, 6) is 0.842. The van der Waals surface area contributed by atoms with Gasteiger partial charge in [-0.15, -0.1) is 0 Å². The molecule has 1 atom stereocenters. The van der Waals surface area contributed by atoms with Gasteiger partial charge in [0.25, 0.3) is 5.91 Å². The number of hydrazone groups is 1. The van der Waals surface area contributed by atoms with Crippen LogP contribution in [-0.4, -0.2) is 72.8 Å². The first-order chi connectivity index (χ1) is 15.1. The fourth-order valence-corrected chi connectivity index (χ4v) is 4.36. The summed E-state index contributed by atoms with van der Waals surface area (Å²) in [6.45, 7) is 9.61. The number of piperazine rings is 1. The second-order valence-electron chi connectivity index (χ2n) is 8.33. The molecule has 0 radical (unpaired) electrons. The Morgan fingerprint density at radius 1 is 1.03 bits per heavy atom. The molecule has 2 heterocycles. The number of ether oxygens (including phenoxy) is 1. The summed E-state index contributed by atoms with van der Waals surface area (Å²) in [6.07, 6.45) is 0.679. The van der Waals surface area contributed by atoms with Crippen molar-refractivity contribution in [1.82, 2.24) is 14.8 Å². The minimum Gasteiger partial charge on any atom is -0.496 e. The van der Waals surface area contributed by atoms with Crippen molar-refractivity contribution in [3.05, 3.63) is 65.2 Å². The van der Waals surface area contributed by atoms with E-state index >= 15 is 0 Å². The largest absolute Gasteiger partial charge is 0.496 e. The van der Waals surface area contributed by atoms with Gasteiger partial charge >= 0.3 is 0 Å². The van der Waals surface area contributed by atoms with Crippen molar-refractivity contribution in [1.29, 1.82) is 0 Å². The van der Waals surface area contributed by atoms with Crippen molar-refractivity contribution < 1.29 is 9.53 Å². The second-order valence-corrected chi connectivity index (χ2v) is 8.33. The van der Waals surface area contributed by atoms with E-state index < -0.39 is 0 Å². The number of rotatable bonds is 6. The van der Waals surface area contributed by atoms with Gasteiger partial charge in [-0.3, -0.25) is 9.69 Å². The molecular formula is C25H32N4O2. The van der Waals surface area contributed by atoms with E-state index in [-0.39, 0.29) is 11.9 Å². The average Bonchev–Trinajstić information content (AvgIpc) is 3.25. The molecule has 0 bridgehead atoms. The molecule has 2 aromatic carbocycles. The molecule has 0 N–H and O–H groups in total. The summed E-state index contributed by atoms with van der Waals surface area (Å²) in [5, 5.41) is 6.53. The van der Waals surface area contributed by atoms with Crippen LogP contribution < -0.4 is 4.74 Å². The Hall–Kier alpha value is -2.70. The van der Waals surface area contributed by atoms with Crippen LogP contribution in [0.4, 0.5) is 0 Å². The predicted molar refractivity (Wildman–Crippen MR) is 123 cm³/mol. The third-order valence-corrected chi connectivity index (χ3v) is 6.32. The van der Waals surface area contributed by atoms with Gasteiger partial charge in [-0.25, -0.2) is 5.01 Å². The normalized spacial score (nSPS) is 20.0. The first kappa shape index (κ1) is 21.5. The van der Waals surface area contributed by atoms with Gasteiger partial charge in [0.05, 0.1) is 25.4 Å². The minimum atomic E-state index is -0.0926. The van der Waals surface area contributed by atoms with E-state index in [4.69, 9.17) is 9.84 Å². The van der Waals surface area contributed by atoms with E-state index in [0.717, 1.165) is 55.3 Å². The maximum Gasteiger partial charge on any atom is 0.257 e. The molecule has 2 aromatic rings.